The second kappa shape index (κ2) is 9.46. The molecule has 1 atom stereocenters. The van der Waals surface area contributed by atoms with Crippen LogP contribution in [0.4, 0.5) is 23.7 Å². The lowest BCUT2D eigenvalue weighted by Crippen LogP contribution is -2.43. The van der Waals surface area contributed by atoms with E-state index in [1.807, 2.05) is 12.1 Å². The van der Waals surface area contributed by atoms with Gasteiger partial charge in [-0.15, -0.1) is 13.2 Å². The van der Waals surface area contributed by atoms with Crippen LogP contribution in [0.5, 0.6) is 11.5 Å². The predicted octanol–water partition coefficient (Wildman–Crippen LogP) is 5.29. The summed E-state index contributed by atoms with van der Waals surface area (Å²) in [6.45, 7) is 0.0746. The highest BCUT2D eigenvalue weighted by atomic mass is 127. The van der Waals surface area contributed by atoms with E-state index in [1.165, 1.54) is 14.2 Å². The smallest absolute Gasteiger partial charge is 0.493 e. The first-order chi connectivity index (χ1) is 14.5. The van der Waals surface area contributed by atoms with E-state index in [2.05, 4.69) is 49.9 Å². The fourth-order valence-electron chi connectivity index (χ4n) is 3.60. The quantitative estimate of drug-likeness (QED) is 0.356. The lowest BCUT2D eigenvalue weighted by molar-refractivity contribution is -0.295. The Balaban J connectivity index is 2.07. The number of carbonyl (C=O) groups is 1. The van der Waals surface area contributed by atoms with Gasteiger partial charge in [0, 0.05) is 13.7 Å². The van der Waals surface area contributed by atoms with E-state index in [0.717, 1.165) is 23.2 Å². The van der Waals surface area contributed by atoms with E-state index in [4.69, 9.17) is 15.2 Å². The molecule has 0 saturated heterocycles. The maximum atomic E-state index is 12.8. The molecule has 168 valence electrons. The molecule has 31 heavy (non-hydrogen) atoms. The first-order valence-corrected chi connectivity index (χ1v) is 11.2. The summed E-state index contributed by atoms with van der Waals surface area (Å²) in [7, 11) is 2.98. The van der Waals surface area contributed by atoms with E-state index in [1.54, 1.807) is 12.1 Å². The molecule has 0 bridgehead atoms. The second-order valence-electron chi connectivity index (χ2n) is 6.86. The van der Waals surface area contributed by atoms with Gasteiger partial charge in [-0.3, -0.25) is 0 Å². The summed E-state index contributed by atoms with van der Waals surface area (Å²) in [5.41, 5.74) is 9.05. The van der Waals surface area contributed by atoms with E-state index in [-0.39, 0.29) is 13.0 Å². The highest BCUT2D eigenvalue weighted by Crippen LogP contribution is 2.40. The number of nitrogen functional groups attached to an aromatic ring is 1. The van der Waals surface area contributed by atoms with Crippen molar-refractivity contribution in [2.45, 2.75) is 25.2 Å². The molecule has 1 aliphatic heterocycles. The van der Waals surface area contributed by atoms with Crippen molar-refractivity contribution < 1.29 is 32.2 Å². The van der Waals surface area contributed by atoms with Crippen LogP contribution in [-0.4, -0.2) is 38.1 Å². The maximum absolute atomic E-state index is 12.8. The molecular formula is C20H19F3I2N2O4. The highest BCUT2D eigenvalue weighted by Gasteiger charge is 2.40. The summed E-state index contributed by atoms with van der Waals surface area (Å²) < 4.78 is 54.4. The molecule has 0 aromatic heterocycles. The number of methoxy groups -OCH3 is 2. The van der Waals surface area contributed by atoms with Gasteiger partial charge in [-0.05, 0) is 99.0 Å². The number of carbonyl (C=O) groups excluding carboxylic acids is 1. The van der Waals surface area contributed by atoms with Crippen LogP contribution in [-0.2, 0) is 17.6 Å². The zero-order chi connectivity index (χ0) is 22.9. The molecule has 0 fully saturated rings. The lowest BCUT2D eigenvalue weighted by atomic mass is 9.88. The predicted molar refractivity (Wildman–Crippen MR) is 125 cm³/mol. The minimum Gasteiger partial charge on any atom is -0.493 e. The third-order valence-corrected chi connectivity index (χ3v) is 6.79. The Morgan fingerprint density at radius 3 is 2.26 bits per heavy atom. The summed E-state index contributed by atoms with van der Waals surface area (Å²) in [5.74, 6) is 0.946. The summed E-state index contributed by atoms with van der Waals surface area (Å²) in [4.78, 5) is 13.5. The van der Waals surface area contributed by atoms with Crippen molar-refractivity contribution in [1.82, 2.24) is 4.90 Å². The van der Waals surface area contributed by atoms with Crippen molar-refractivity contribution in [3.8, 4) is 11.5 Å². The van der Waals surface area contributed by atoms with Gasteiger partial charge in [0.2, 0.25) is 0 Å². The molecule has 0 radical (unpaired) electrons. The minimum atomic E-state index is -5.06. The number of fused-ring (bicyclic) bond motifs is 1. The van der Waals surface area contributed by atoms with Crippen LogP contribution in [0.3, 0.4) is 0 Å². The van der Waals surface area contributed by atoms with Gasteiger partial charge >= 0.3 is 12.5 Å². The lowest BCUT2D eigenvalue weighted by Gasteiger charge is -2.37. The Kier molecular flexibility index (Phi) is 7.33. The number of benzene rings is 2. The van der Waals surface area contributed by atoms with Crippen LogP contribution in [0.2, 0.25) is 0 Å². The number of nitrogens with zero attached hydrogens (tertiary/aromatic N) is 1. The third kappa shape index (κ3) is 5.41. The normalized spacial score (nSPS) is 16.0. The molecule has 0 saturated carbocycles. The van der Waals surface area contributed by atoms with Gasteiger partial charge in [-0.2, -0.15) is 0 Å². The number of hydrogen-bond donors (Lipinski definition) is 1. The topological polar surface area (TPSA) is 74.0 Å². The highest BCUT2D eigenvalue weighted by molar-refractivity contribution is 14.1. The van der Waals surface area contributed by atoms with Crippen molar-refractivity contribution in [2.75, 3.05) is 26.5 Å². The van der Waals surface area contributed by atoms with Crippen molar-refractivity contribution >= 4 is 57.0 Å². The SMILES string of the molecule is COc1cc2c(cc1OC)C(Cc1cc(I)c(N)c(I)c1)N(C(=O)OC(F)(F)F)CC2. The largest absolute Gasteiger partial charge is 0.576 e. The van der Waals surface area contributed by atoms with Gasteiger partial charge in [-0.1, -0.05) is 0 Å². The summed E-state index contributed by atoms with van der Waals surface area (Å²) >= 11 is 4.21. The molecule has 2 aromatic carbocycles. The fraction of sp³-hybridized carbons (Fsp3) is 0.350. The molecule has 0 aliphatic carbocycles. The first-order valence-electron chi connectivity index (χ1n) is 9.08. The first kappa shape index (κ1) is 24.0. The maximum Gasteiger partial charge on any atom is 0.576 e. The number of amides is 1. The van der Waals surface area contributed by atoms with Crippen molar-refractivity contribution in [1.29, 1.82) is 0 Å². The van der Waals surface area contributed by atoms with Crippen LogP contribution in [0.1, 0.15) is 22.7 Å². The van der Waals surface area contributed by atoms with Crippen LogP contribution in [0.25, 0.3) is 0 Å². The average molecular weight is 662 g/mol. The Morgan fingerprint density at radius 1 is 1.13 bits per heavy atom. The van der Waals surface area contributed by atoms with Gasteiger partial charge < -0.3 is 24.8 Å². The molecule has 0 spiro atoms. The van der Waals surface area contributed by atoms with E-state index in [9.17, 15) is 18.0 Å². The van der Waals surface area contributed by atoms with E-state index in [0.29, 0.717) is 29.2 Å². The molecule has 1 heterocycles. The number of anilines is 1. The molecular weight excluding hydrogens is 643 g/mol. The van der Waals surface area contributed by atoms with Crippen molar-refractivity contribution in [3.63, 3.8) is 0 Å². The molecule has 2 N–H and O–H groups in total. The molecule has 1 amide bonds. The van der Waals surface area contributed by atoms with Gasteiger partial charge in [0.15, 0.2) is 11.5 Å². The zero-order valence-corrected chi connectivity index (χ0v) is 20.9. The van der Waals surface area contributed by atoms with E-state index < -0.39 is 18.5 Å². The Morgan fingerprint density at radius 2 is 1.71 bits per heavy atom. The van der Waals surface area contributed by atoms with Gasteiger partial charge in [0.25, 0.3) is 0 Å². The Bertz CT molecular complexity index is 978. The molecule has 1 aliphatic rings. The molecule has 6 nitrogen and oxygen atoms in total. The monoisotopic (exact) mass is 662 g/mol. The number of alkyl halides is 3. The second-order valence-corrected chi connectivity index (χ2v) is 9.18. The number of ether oxygens (including phenoxy) is 3. The molecule has 1 unspecified atom stereocenters. The van der Waals surface area contributed by atoms with Gasteiger partial charge in [0.05, 0.1) is 25.9 Å². The van der Waals surface area contributed by atoms with Gasteiger partial charge in [-0.25, -0.2) is 4.79 Å². The van der Waals surface area contributed by atoms with Crippen LogP contribution < -0.4 is 15.2 Å². The number of halogens is 5. The van der Waals surface area contributed by atoms with Crippen molar-refractivity contribution in [3.05, 3.63) is 48.1 Å². The number of hydrogen-bond acceptors (Lipinski definition) is 5. The standard InChI is InChI=1S/C20H19F3I2N2O4/c1-29-16-8-11-3-4-27(19(28)31-20(21,22)23)15(12(11)9-17(16)30-2)7-10-5-13(24)18(26)14(25)6-10/h5-6,8-9,15H,3-4,7,26H2,1-2H3. The Hall–Kier alpha value is -1.64. The van der Waals surface area contributed by atoms with Crippen LogP contribution in [0, 0.1) is 7.14 Å². The minimum absolute atomic E-state index is 0.0746. The Labute approximate surface area is 204 Å². The summed E-state index contributed by atoms with van der Waals surface area (Å²) in [5, 5.41) is 0. The third-order valence-electron chi connectivity index (χ3n) is 5.01. The summed E-state index contributed by atoms with van der Waals surface area (Å²) in [6, 6.07) is 6.54. The van der Waals surface area contributed by atoms with Crippen LogP contribution in [0.15, 0.2) is 24.3 Å². The molecule has 2 aromatic rings. The molecule has 3 rings (SSSR count). The number of nitrogens with two attached hydrogens (primary N) is 1. The van der Waals surface area contributed by atoms with E-state index >= 15 is 0 Å². The summed E-state index contributed by atoms with van der Waals surface area (Å²) in [6.07, 6.45) is -5.86. The van der Waals surface area contributed by atoms with Gasteiger partial charge in [0.1, 0.15) is 0 Å². The van der Waals surface area contributed by atoms with Crippen LogP contribution >= 0.6 is 45.2 Å². The van der Waals surface area contributed by atoms with Crippen molar-refractivity contribution in [2.24, 2.45) is 0 Å². The molecule has 11 heteroatoms. The number of rotatable bonds is 4. The fourth-order valence-corrected chi connectivity index (χ4v) is 5.50. The average Bonchev–Trinajstić information content (AvgIpc) is 2.69. The zero-order valence-electron chi connectivity index (χ0n) is 16.6.